The van der Waals surface area contributed by atoms with Gasteiger partial charge in [-0.3, -0.25) is 4.68 Å². The lowest BCUT2D eigenvalue weighted by Gasteiger charge is -2.03. The van der Waals surface area contributed by atoms with Gasteiger partial charge in [-0.25, -0.2) is 0 Å². The quantitative estimate of drug-likeness (QED) is 0.742. The van der Waals surface area contributed by atoms with Crippen LogP contribution in [0.2, 0.25) is 0 Å². The monoisotopic (exact) mass is 236 g/mol. The predicted molar refractivity (Wildman–Crippen MR) is 75.1 cm³/mol. The molecule has 1 heterocycles. The summed E-state index contributed by atoms with van der Waals surface area (Å²) in [5.41, 5.74) is 6.34. The van der Waals surface area contributed by atoms with Crippen LogP contribution in [0.4, 0.5) is 0 Å². The molecule has 0 fully saturated rings. The lowest BCUT2D eigenvalue weighted by molar-refractivity contribution is 0.740. The normalized spacial score (nSPS) is 14.0. The van der Waals surface area contributed by atoms with E-state index in [4.69, 9.17) is 0 Å². The molecule has 1 aliphatic carbocycles. The third-order valence-corrected chi connectivity index (χ3v) is 3.55. The van der Waals surface area contributed by atoms with E-state index in [-0.39, 0.29) is 0 Å². The van der Waals surface area contributed by atoms with Crippen LogP contribution >= 0.6 is 0 Å². The van der Waals surface area contributed by atoms with E-state index in [2.05, 4.69) is 54.5 Å². The van der Waals surface area contributed by atoms with Gasteiger partial charge in [-0.05, 0) is 36.1 Å². The molecular weight excluding hydrogens is 220 g/mol. The zero-order valence-corrected chi connectivity index (χ0v) is 10.7. The second kappa shape index (κ2) is 4.30. The SMILES string of the molecule is Cc1c(C2=Cc3ccccc3CC=C2)cnn1C. The molecule has 1 aromatic carbocycles. The molecule has 3 rings (SSSR count). The Bertz CT molecular complexity index is 645. The summed E-state index contributed by atoms with van der Waals surface area (Å²) in [6.07, 6.45) is 9.62. The number of rotatable bonds is 1. The molecule has 0 atom stereocenters. The maximum absolute atomic E-state index is 4.32. The van der Waals surface area contributed by atoms with Crippen molar-refractivity contribution in [1.82, 2.24) is 9.78 Å². The fraction of sp³-hybridized carbons (Fsp3) is 0.188. The fourth-order valence-corrected chi connectivity index (χ4v) is 2.34. The van der Waals surface area contributed by atoms with E-state index in [1.165, 1.54) is 28.0 Å². The zero-order chi connectivity index (χ0) is 12.5. The molecule has 2 nitrogen and oxygen atoms in total. The predicted octanol–water partition coefficient (Wildman–Crippen LogP) is 3.38. The number of hydrogen-bond donors (Lipinski definition) is 0. The molecule has 2 heteroatoms. The van der Waals surface area contributed by atoms with Crippen molar-refractivity contribution < 1.29 is 0 Å². The molecule has 0 amide bonds. The molecule has 0 unspecified atom stereocenters. The number of aromatic nitrogens is 2. The van der Waals surface area contributed by atoms with Gasteiger partial charge in [-0.1, -0.05) is 36.4 Å². The van der Waals surface area contributed by atoms with E-state index >= 15 is 0 Å². The van der Waals surface area contributed by atoms with Gasteiger partial charge in [0.25, 0.3) is 0 Å². The van der Waals surface area contributed by atoms with Crippen LogP contribution in [-0.4, -0.2) is 9.78 Å². The average Bonchev–Trinajstić information content (AvgIpc) is 2.62. The lowest BCUT2D eigenvalue weighted by atomic mass is 10.0. The van der Waals surface area contributed by atoms with E-state index in [9.17, 15) is 0 Å². The smallest absolute Gasteiger partial charge is 0.0571 e. The van der Waals surface area contributed by atoms with Gasteiger partial charge >= 0.3 is 0 Å². The number of hydrogen-bond acceptors (Lipinski definition) is 1. The summed E-state index contributed by atoms with van der Waals surface area (Å²) in [6.45, 7) is 2.10. The average molecular weight is 236 g/mol. The molecule has 0 saturated carbocycles. The van der Waals surface area contributed by atoms with E-state index in [1.807, 2.05) is 17.9 Å². The molecule has 18 heavy (non-hydrogen) atoms. The van der Waals surface area contributed by atoms with Crippen LogP contribution in [0.1, 0.15) is 22.4 Å². The van der Waals surface area contributed by atoms with Gasteiger partial charge in [0.15, 0.2) is 0 Å². The molecule has 1 aromatic heterocycles. The largest absolute Gasteiger partial charge is 0.272 e. The van der Waals surface area contributed by atoms with Crippen molar-refractivity contribution in [2.45, 2.75) is 13.3 Å². The van der Waals surface area contributed by atoms with Crippen molar-refractivity contribution in [3.05, 3.63) is 65.0 Å². The third-order valence-electron chi connectivity index (χ3n) is 3.55. The number of benzene rings is 1. The molecule has 0 saturated heterocycles. The summed E-state index contributed by atoms with van der Waals surface area (Å²) in [4.78, 5) is 0. The molecule has 0 N–H and O–H groups in total. The zero-order valence-electron chi connectivity index (χ0n) is 10.7. The van der Waals surface area contributed by atoms with Crippen LogP contribution in [0.5, 0.6) is 0 Å². The Morgan fingerprint density at radius 1 is 1.22 bits per heavy atom. The van der Waals surface area contributed by atoms with Crippen LogP contribution in [0, 0.1) is 6.92 Å². The Kier molecular flexibility index (Phi) is 2.63. The van der Waals surface area contributed by atoms with Crippen molar-refractivity contribution in [3.63, 3.8) is 0 Å². The first kappa shape index (κ1) is 11.0. The van der Waals surface area contributed by atoms with Gasteiger partial charge in [0, 0.05) is 18.3 Å². The molecule has 0 radical (unpaired) electrons. The molecule has 0 bridgehead atoms. The summed E-state index contributed by atoms with van der Waals surface area (Å²) in [5, 5.41) is 4.32. The van der Waals surface area contributed by atoms with Crippen LogP contribution < -0.4 is 0 Å². The maximum Gasteiger partial charge on any atom is 0.0571 e. The van der Waals surface area contributed by atoms with Crippen LogP contribution in [0.3, 0.4) is 0 Å². The Morgan fingerprint density at radius 3 is 2.83 bits per heavy atom. The maximum atomic E-state index is 4.32. The summed E-state index contributed by atoms with van der Waals surface area (Å²) < 4.78 is 1.92. The highest BCUT2D eigenvalue weighted by Crippen LogP contribution is 2.26. The summed E-state index contributed by atoms with van der Waals surface area (Å²) >= 11 is 0. The van der Waals surface area contributed by atoms with Crippen molar-refractivity contribution in [2.75, 3.05) is 0 Å². The third kappa shape index (κ3) is 1.80. The van der Waals surface area contributed by atoms with Crippen LogP contribution in [0.15, 0.2) is 42.6 Å². The van der Waals surface area contributed by atoms with Gasteiger partial charge in [-0.15, -0.1) is 0 Å². The van der Waals surface area contributed by atoms with Gasteiger partial charge in [0.1, 0.15) is 0 Å². The van der Waals surface area contributed by atoms with E-state index in [0.29, 0.717) is 0 Å². The Morgan fingerprint density at radius 2 is 2.06 bits per heavy atom. The fourth-order valence-electron chi connectivity index (χ4n) is 2.34. The highest BCUT2D eigenvalue weighted by Gasteiger charge is 2.10. The molecule has 2 aromatic rings. The summed E-state index contributed by atoms with van der Waals surface area (Å²) in [7, 11) is 1.98. The molecule has 1 aliphatic rings. The topological polar surface area (TPSA) is 17.8 Å². The standard InChI is InChI=1S/C16H16N2/c1-12-16(11-17-18(12)2)15-9-5-8-13-6-3-4-7-14(13)10-15/h3-7,9-11H,8H2,1-2H3. The van der Waals surface area contributed by atoms with Crippen LogP contribution in [0.25, 0.3) is 11.6 Å². The first-order valence-electron chi connectivity index (χ1n) is 6.21. The Balaban J connectivity index is 2.13. The number of allylic oxidation sites excluding steroid dienone is 3. The van der Waals surface area contributed by atoms with Gasteiger partial charge < -0.3 is 0 Å². The Labute approximate surface area is 107 Å². The van der Waals surface area contributed by atoms with E-state index in [1.54, 1.807) is 0 Å². The molecule has 0 spiro atoms. The van der Waals surface area contributed by atoms with Crippen LogP contribution in [-0.2, 0) is 13.5 Å². The van der Waals surface area contributed by atoms with Gasteiger partial charge in [0.2, 0.25) is 0 Å². The van der Waals surface area contributed by atoms with Crippen molar-refractivity contribution in [2.24, 2.45) is 7.05 Å². The number of nitrogens with zero attached hydrogens (tertiary/aromatic N) is 2. The van der Waals surface area contributed by atoms with E-state index < -0.39 is 0 Å². The van der Waals surface area contributed by atoms with E-state index in [0.717, 1.165) is 6.42 Å². The van der Waals surface area contributed by atoms with Gasteiger partial charge in [0.05, 0.1) is 6.20 Å². The lowest BCUT2D eigenvalue weighted by Crippen LogP contribution is -1.93. The highest BCUT2D eigenvalue weighted by molar-refractivity contribution is 5.89. The second-order valence-corrected chi connectivity index (χ2v) is 4.67. The first-order chi connectivity index (χ1) is 8.75. The summed E-state index contributed by atoms with van der Waals surface area (Å²) in [6, 6.07) is 8.55. The van der Waals surface area contributed by atoms with Crippen molar-refractivity contribution in [1.29, 1.82) is 0 Å². The van der Waals surface area contributed by atoms with Gasteiger partial charge in [-0.2, -0.15) is 5.10 Å². The summed E-state index contributed by atoms with van der Waals surface area (Å²) in [5.74, 6) is 0. The van der Waals surface area contributed by atoms with Crippen molar-refractivity contribution >= 4 is 11.6 Å². The first-order valence-corrected chi connectivity index (χ1v) is 6.21. The molecule has 90 valence electrons. The second-order valence-electron chi connectivity index (χ2n) is 4.67. The highest BCUT2D eigenvalue weighted by atomic mass is 15.3. The van der Waals surface area contributed by atoms with Crippen molar-refractivity contribution in [3.8, 4) is 0 Å². The molecule has 0 aliphatic heterocycles. The number of fused-ring (bicyclic) bond motifs is 1. The number of aryl methyl sites for hydroxylation is 1. The Hall–Kier alpha value is -2.09. The minimum Gasteiger partial charge on any atom is -0.272 e. The minimum atomic E-state index is 0.996. The minimum absolute atomic E-state index is 0.996. The molecular formula is C16H16N2.